The summed E-state index contributed by atoms with van der Waals surface area (Å²) in [6.45, 7) is 2.22. The Balaban J connectivity index is 2.00. The summed E-state index contributed by atoms with van der Waals surface area (Å²) in [5, 5.41) is 19.6. The number of aromatic hydroxyl groups is 2. The number of hydrogen-bond acceptors (Lipinski definition) is 2. The van der Waals surface area contributed by atoms with Gasteiger partial charge in [-0.25, -0.2) is 0 Å². The summed E-state index contributed by atoms with van der Waals surface area (Å²) in [5.41, 5.74) is 2.30. The van der Waals surface area contributed by atoms with E-state index in [9.17, 15) is 10.2 Å². The Morgan fingerprint density at radius 1 is 1.05 bits per heavy atom. The van der Waals surface area contributed by atoms with Crippen LogP contribution < -0.4 is 0 Å². The van der Waals surface area contributed by atoms with Gasteiger partial charge in [0.1, 0.15) is 11.5 Å². The molecule has 0 radical (unpaired) electrons. The van der Waals surface area contributed by atoms with Crippen molar-refractivity contribution in [1.82, 2.24) is 0 Å². The van der Waals surface area contributed by atoms with E-state index in [4.69, 9.17) is 11.6 Å². The lowest BCUT2D eigenvalue weighted by atomic mass is 9.54. The quantitative estimate of drug-likeness (QED) is 0.809. The van der Waals surface area contributed by atoms with E-state index in [0.717, 1.165) is 24.3 Å². The van der Waals surface area contributed by atoms with E-state index in [1.165, 1.54) is 18.4 Å². The van der Waals surface area contributed by atoms with Crippen molar-refractivity contribution >= 4 is 11.6 Å². The molecule has 0 spiro atoms. The molecule has 3 heteroatoms. The third-order valence-electron chi connectivity index (χ3n) is 4.89. The van der Waals surface area contributed by atoms with Crippen LogP contribution >= 0.6 is 11.6 Å². The van der Waals surface area contributed by atoms with Crippen LogP contribution in [0.3, 0.4) is 0 Å². The first kappa shape index (κ1) is 15.2. The van der Waals surface area contributed by atoms with Gasteiger partial charge in [0.05, 0.1) is 5.02 Å². The van der Waals surface area contributed by atoms with Crippen LogP contribution in [0.4, 0.5) is 0 Å². The first-order valence-electron chi connectivity index (χ1n) is 7.83. The van der Waals surface area contributed by atoms with Crippen molar-refractivity contribution in [2.75, 3.05) is 0 Å². The van der Waals surface area contributed by atoms with Gasteiger partial charge in [-0.15, -0.1) is 0 Å². The van der Waals surface area contributed by atoms with Gasteiger partial charge in [0, 0.05) is 5.41 Å². The van der Waals surface area contributed by atoms with Crippen molar-refractivity contribution in [3.05, 3.63) is 58.6 Å². The molecule has 0 bridgehead atoms. The van der Waals surface area contributed by atoms with Crippen LogP contribution in [0.25, 0.3) is 0 Å². The van der Waals surface area contributed by atoms with Crippen LogP contribution in [0.15, 0.2) is 42.5 Å². The molecule has 1 aliphatic rings. The van der Waals surface area contributed by atoms with Crippen molar-refractivity contribution in [2.45, 2.75) is 38.0 Å². The zero-order chi connectivity index (χ0) is 15.7. The van der Waals surface area contributed by atoms with Gasteiger partial charge in [-0.3, -0.25) is 0 Å². The Kier molecular flexibility index (Phi) is 4.05. The number of benzene rings is 2. The minimum absolute atomic E-state index is 0.0507. The highest BCUT2D eigenvalue weighted by Crippen LogP contribution is 2.54. The maximum absolute atomic E-state index is 9.68. The lowest BCUT2D eigenvalue weighted by molar-refractivity contribution is 0.170. The van der Waals surface area contributed by atoms with Gasteiger partial charge >= 0.3 is 0 Å². The summed E-state index contributed by atoms with van der Waals surface area (Å²) < 4.78 is 0. The van der Waals surface area contributed by atoms with Crippen molar-refractivity contribution in [3.63, 3.8) is 0 Å². The number of phenolic OH excluding ortho intramolecular Hbond substituents is 2. The number of rotatable bonds is 4. The highest BCUT2D eigenvalue weighted by atomic mass is 35.5. The van der Waals surface area contributed by atoms with Gasteiger partial charge in [0.25, 0.3) is 0 Å². The summed E-state index contributed by atoms with van der Waals surface area (Å²) in [6.07, 6.45) is 4.62. The van der Waals surface area contributed by atoms with Crippen LogP contribution in [-0.4, -0.2) is 10.2 Å². The average molecular weight is 317 g/mol. The molecule has 116 valence electrons. The second-order valence-corrected chi connectivity index (χ2v) is 6.77. The van der Waals surface area contributed by atoms with E-state index in [0.29, 0.717) is 5.02 Å². The van der Waals surface area contributed by atoms with Crippen LogP contribution in [0, 0.1) is 5.92 Å². The molecule has 1 saturated carbocycles. The molecular weight excluding hydrogens is 296 g/mol. The van der Waals surface area contributed by atoms with Crippen molar-refractivity contribution in [3.8, 4) is 11.5 Å². The first-order valence-corrected chi connectivity index (χ1v) is 8.21. The molecule has 2 nitrogen and oxygen atoms in total. The second kappa shape index (κ2) is 5.85. The molecule has 0 heterocycles. The zero-order valence-corrected chi connectivity index (χ0v) is 13.5. The van der Waals surface area contributed by atoms with Crippen LogP contribution in [0.5, 0.6) is 11.5 Å². The highest BCUT2D eigenvalue weighted by Gasteiger charge is 2.46. The summed E-state index contributed by atoms with van der Waals surface area (Å²) in [5.74, 6) is 1.13. The fourth-order valence-corrected chi connectivity index (χ4v) is 3.94. The molecule has 2 aromatic carbocycles. The molecule has 22 heavy (non-hydrogen) atoms. The van der Waals surface area contributed by atoms with Crippen molar-refractivity contribution < 1.29 is 10.2 Å². The molecule has 2 N–H and O–H groups in total. The Morgan fingerprint density at radius 2 is 1.68 bits per heavy atom. The molecule has 0 atom stereocenters. The van der Waals surface area contributed by atoms with E-state index < -0.39 is 0 Å². The lowest BCUT2D eigenvalue weighted by Gasteiger charge is -2.49. The fourth-order valence-electron chi connectivity index (χ4n) is 3.76. The third kappa shape index (κ3) is 2.56. The average Bonchev–Trinajstić information content (AvgIpc) is 2.47. The topological polar surface area (TPSA) is 40.5 Å². The zero-order valence-electron chi connectivity index (χ0n) is 12.7. The predicted octanol–water partition coefficient (Wildman–Crippen LogP) is 5.25. The Morgan fingerprint density at radius 3 is 2.27 bits per heavy atom. The van der Waals surface area contributed by atoms with E-state index in [2.05, 4.69) is 6.92 Å². The molecule has 2 aromatic rings. The van der Waals surface area contributed by atoms with Gasteiger partial charge < -0.3 is 10.2 Å². The molecule has 0 saturated heterocycles. The maximum Gasteiger partial charge on any atom is 0.134 e. The van der Waals surface area contributed by atoms with E-state index in [1.807, 2.05) is 24.3 Å². The minimum Gasteiger partial charge on any atom is -0.508 e. The molecular formula is C19H21ClO2. The fraction of sp³-hybridized carbons (Fsp3) is 0.368. The molecule has 0 aliphatic heterocycles. The normalized spacial score (nSPS) is 24.0. The molecule has 0 unspecified atom stereocenters. The van der Waals surface area contributed by atoms with Gasteiger partial charge in [-0.2, -0.15) is 0 Å². The van der Waals surface area contributed by atoms with E-state index in [1.54, 1.807) is 18.2 Å². The standard InChI is InChI=1S/C19H21ClO2/c1-2-3-13-11-19(12-13,14-4-7-16(21)8-5-14)15-6-9-18(22)17(20)10-15/h4-10,13,21-22H,2-3,11-12H2,1H3. The Bertz CT molecular complexity index is 658. The number of phenols is 2. The molecule has 1 fully saturated rings. The summed E-state index contributed by atoms with van der Waals surface area (Å²) in [6, 6.07) is 13.0. The second-order valence-electron chi connectivity index (χ2n) is 6.36. The Hall–Kier alpha value is -1.67. The molecule has 1 aliphatic carbocycles. The molecule has 0 amide bonds. The summed E-state index contributed by atoms with van der Waals surface area (Å²) >= 11 is 6.12. The van der Waals surface area contributed by atoms with Crippen LogP contribution in [0.1, 0.15) is 43.7 Å². The predicted molar refractivity (Wildman–Crippen MR) is 89.6 cm³/mol. The minimum atomic E-state index is -0.0507. The van der Waals surface area contributed by atoms with Crippen molar-refractivity contribution in [1.29, 1.82) is 0 Å². The lowest BCUT2D eigenvalue weighted by Crippen LogP contribution is -2.42. The molecule has 0 aromatic heterocycles. The summed E-state index contributed by atoms with van der Waals surface area (Å²) in [7, 11) is 0. The number of halogens is 1. The van der Waals surface area contributed by atoms with Gasteiger partial charge in [-0.1, -0.05) is 49.6 Å². The van der Waals surface area contributed by atoms with Crippen LogP contribution in [-0.2, 0) is 5.41 Å². The highest BCUT2D eigenvalue weighted by molar-refractivity contribution is 6.32. The van der Waals surface area contributed by atoms with Gasteiger partial charge in [0.2, 0.25) is 0 Å². The monoisotopic (exact) mass is 316 g/mol. The maximum atomic E-state index is 9.68. The Labute approximate surface area is 136 Å². The van der Waals surface area contributed by atoms with Crippen molar-refractivity contribution in [2.24, 2.45) is 5.92 Å². The molecule has 3 rings (SSSR count). The van der Waals surface area contributed by atoms with E-state index >= 15 is 0 Å². The van der Waals surface area contributed by atoms with E-state index in [-0.39, 0.29) is 16.9 Å². The first-order chi connectivity index (χ1) is 10.5. The van der Waals surface area contributed by atoms with Gasteiger partial charge in [0.15, 0.2) is 0 Å². The number of hydrogen-bond donors (Lipinski definition) is 2. The largest absolute Gasteiger partial charge is 0.508 e. The smallest absolute Gasteiger partial charge is 0.134 e. The SMILES string of the molecule is CCCC1CC(c2ccc(O)cc2)(c2ccc(O)c(Cl)c2)C1. The summed E-state index contributed by atoms with van der Waals surface area (Å²) in [4.78, 5) is 0. The third-order valence-corrected chi connectivity index (χ3v) is 5.19. The van der Waals surface area contributed by atoms with Crippen LogP contribution in [0.2, 0.25) is 5.02 Å². The van der Waals surface area contributed by atoms with Gasteiger partial charge in [-0.05, 0) is 54.2 Å².